The molecule has 11 N–H and O–H groups in total. The highest BCUT2D eigenvalue weighted by Gasteiger charge is 2.32. The number of carboxylic acid groups (broad SMARTS) is 2. The number of carbonyl (C=O) groups is 6. The zero-order valence-electron chi connectivity index (χ0n) is 21.8. The van der Waals surface area contributed by atoms with Crippen molar-refractivity contribution in [1.29, 1.82) is 0 Å². The Morgan fingerprint density at radius 3 is 2.05 bits per heavy atom. The van der Waals surface area contributed by atoms with Crippen LogP contribution in [0.3, 0.4) is 0 Å². The Balaban J connectivity index is 2.17. The molecule has 0 bridgehead atoms. The van der Waals surface area contributed by atoms with E-state index in [0.717, 1.165) is 23.4 Å². The Hall–Kier alpha value is -4.50. The maximum atomic E-state index is 13.1. The summed E-state index contributed by atoms with van der Waals surface area (Å²) in [5.74, 6) is -6.37. The molecule has 4 amide bonds. The number of aromatic amines is 1. The molecule has 1 aromatic heterocycles. The van der Waals surface area contributed by atoms with Crippen molar-refractivity contribution in [2.45, 2.75) is 69.3 Å². The van der Waals surface area contributed by atoms with Gasteiger partial charge in [0, 0.05) is 29.9 Å². The van der Waals surface area contributed by atoms with Crippen LogP contribution in [0, 0.1) is 0 Å². The van der Waals surface area contributed by atoms with Crippen molar-refractivity contribution in [2.24, 2.45) is 11.5 Å². The molecule has 0 spiro atoms. The molecular weight excluding hydrogens is 528 g/mol. The predicted molar refractivity (Wildman–Crippen MR) is 140 cm³/mol. The number of rotatable bonds is 16. The number of H-pyrrole nitrogens is 1. The summed E-state index contributed by atoms with van der Waals surface area (Å²) in [5.41, 5.74) is 12.9. The van der Waals surface area contributed by atoms with E-state index in [1.807, 2.05) is 24.3 Å². The van der Waals surface area contributed by atoms with Crippen molar-refractivity contribution in [3.63, 3.8) is 0 Å². The van der Waals surface area contributed by atoms with E-state index in [1.54, 1.807) is 6.20 Å². The molecule has 40 heavy (non-hydrogen) atoms. The van der Waals surface area contributed by atoms with Crippen LogP contribution in [-0.2, 0) is 35.2 Å². The van der Waals surface area contributed by atoms with Crippen LogP contribution in [0.25, 0.3) is 10.9 Å². The molecule has 218 valence electrons. The molecule has 5 unspecified atom stereocenters. The molecule has 0 fully saturated rings. The number of amides is 4. The highest BCUT2D eigenvalue weighted by Crippen LogP contribution is 2.19. The van der Waals surface area contributed by atoms with Gasteiger partial charge in [-0.3, -0.25) is 24.0 Å². The number of aromatic nitrogens is 1. The zero-order valence-corrected chi connectivity index (χ0v) is 21.8. The number of aliphatic hydroxyl groups is 1. The third-order valence-electron chi connectivity index (χ3n) is 6.09. The van der Waals surface area contributed by atoms with Crippen molar-refractivity contribution in [1.82, 2.24) is 20.9 Å². The van der Waals surface area contributed by atoms with E-state index in [0.29, 0.717) is 0 Å². The average molecular weight is 563 g/mol. The summed E-state index contributed by atoms with van der Waals surface area (Å²) < 4.78 is 0. The highest BCUT2D eigenvalue weighted by atomic mass is 16.4. The predicted octanol–water partition coefficient (Wildman–Crippen LogP) is -1.91. The molecule has 0 aliphatic heterocycles. The van der Waals surface area contributed by atoms with E-state index in [2.05, 4.69) is 20.9 Å². The zero-order chi connectivity index (χ0) is 30.0. The van der Waals surface area contributed by atoms with E-state index in [-0.39, 0.29) is 19.3 Å². The lowest BCUT2D eigenvalue weighted by Gasteiger charge is -2.25. The van der Waals surface area contributed by atoms with Crippen molar-refractivity contribution < 1.29 is 44.1 Å². The Morgan fingerprint density at radius 1 is 0.900 bits per heavy atom. The van der Waals surface area contributed by atoms with Crippen LogP contribution in [0.1, 0.15) is 38.2 Å². The van der Waals surface area contributed by atoms with E-state index in [4.69, 9.17) is 16.6 Å². The second-order valence-electron chi connectivity index (χ2n) is 9.29. The molecule has 0 saturated heterocycles. The van der Waals surface area contributed by atoms with Crippen LogP contribution in [-0.4, -0.2) is 86.1 Å². The first kappa shape index (κ1) is 31.7. The fourth-order valence-corrected chi connectivity index (χ4v) is 3.92. The molecule has 1 heterocycles. The second-order valence-corrected chi connectivity index (χ2v) is 9.29. The molecule has 0 aliphatic rings. The fourth-order valence-electron chi connectivity index (χ4n) is 3.92. The first-order valence-electron chi connectivity index (χ1n) is 12.4. The van der Waals surface area contributed by atoms with E-state index in [1.165, 1.54) is 0 Å². The quantitative estimate of drug-likeness (QED) is 0.109. The van der Waals surface area contributed by atoms with Gasteiger partial charge >= 0.3 is 11.9 Å². The van der Waals surface area contributed by atoms with Gasteiger partial charge in [0.2, 0.25) is 23.6 Å². The Bertz CT molecular complexity index is 1240. The number of para-hydroxylation sites is 1. The minimum absolute atomic E-state index is 0.111. The molecule has 0 saturated carbocycles. The number of hydrogen-bond donors (Lipinski definition) is 9. The number of nitrogens with one attached hydrogen (secondary N) is 4. The molecule has 1 aromatic carbocycles. The normalized spacial score (nSPS) is 14.8. The second kappa shape index (κ2) is 14.6. The third kappa shape index (κ3) is 9.36. The average Bonchev–Trinajstić information content (AvgIpc) is 3.28. The van der Waals surface area contributed by atoms with Crippen LogP contribution < -0.4 is 27.4 Å². The van der Waals surface area contributed by atoms with E-state index in [9.17, 15) is 39.0 Å². The third-order valence-corrected chi connectivity index (χ3v) is 6.09. The van der Waals surface area contributed by atoms with Gasteiger partial charge in [-0.15, -0.1) is 0 Å². The maximum absolute atomic E-state index is 13.1. The van der Waals surface area contributed by atoms with Crippen molar-refractivity contribution in [2.75, 3.05) is 0 Å². The molecule has 0 aliphatic carbocycles. The van der Waals surface area contributed by atoms with Gasteiger partial charge in [0.15, 0.2) is 6.04 Å². The summed E-state index contributed by atoms with van der Waals surface area (Å²) in [4.78, 5) is 75.6. The maximum Gasteiger partial charge on any atom is 0.328 e. The van der Waals surface area contributed by atoms with Gasteiger partial charge in [-0.1, -0.05) is 18.2 Å². The number of carboxylic acids is 2. The number of aliphatic hydroxyl groups excluding tert-OH is 1. The molecule has 0 radical (unpaired) electrons. The Labute approximate surface area is 228 Å². The van der Waals surface area contributed by atoms with Crippen molar-refractivity contribution >= 4 is 46.5 Å². The van der Waals surface area contributed by atoms with Crippen LogP contribution in [0.2, 0.25) is 0 Å². The summed E-state index contributed by atoms with van der Waals surface area (Å²) in [6.45, 7) is 1.12. The lowest BCUT2D eigenvalue weighted by molar-refractivity contribution is -0.145. The van der Waals surface area contributed by atoms with E-state index < -0.39 is 78.7 Å². The van der Waals surface area contributed by atoms with Crippen molar-refractivity contribution in [3.05, 3.63) is 36.0 Å². The van der Waals surface area contributed by atoms with Crippen LogP contribution in [0.15, 0.2) is 30.5 Å². The van der Waals surface area contributed by atoms with Crippen LogP contribution >= 0.6 is 0 Å². The number of carbonyl (C=O) groups excluding carboxylic acids is 4. The minimum atomic E-state index is -1.73. The van der Waals surface area contributed by atoms with Crippen molar-refractivity contribution in [3.8, 4) is 0 Å². The van der Waals surface area contributed by atoms with Gasteiger partial charge in [0.05, 0.1) is 12.1 Å². The monoisotopic (exact) mass is 562 g/mol. The summed E-state index contributed by atoms with van der Waals surface area (Å²) in [6.07, 6.45) is -1.26. The summed E-state index contributed by atoms with van der Waals surface area (Å²) in [6, 6.07) is 1.61. The Kier molecular flexibility index (Phi) is 11.6. The number of primary amides is 1. The SMILES string of the molecule is CC(O)C(NC(=O)C(CCC(=O)O)NC(=O)C(CCC(N)=O)NC(=O)C(N)Cc1c[nH]c2ccccc12)C(=O)O. The summed E-state index contributed by atoms with van der Waals surface area (Å²) in [7, 11) is 0. The number of fused-ring (bicyclic) bond motifs is 1. The highest BCUT2D eigenvalue weighted by molar-refractivity contribution is 5.95. The lowest BCUT2D eigenvalue weighted by Crippen LogP contribution is -2.58. The minimum Gasteiger partial charge on any atom is -0.481 e. The van der Waals surface area contributed by atoms with Gasteiger partial charge in [-0.2, -0.15) is 0 Å². The molecule has 15 nitrogen and oxygen atoms in total. The van der Waals surface area contributed by atoms with Crippen LogP contribution in [0.4, 0.5) is 0 Å². The smallest absolute Gasteiger partial charge is 0.328 e. The lowest BCUT2D eigenvalue weighted by atomic mass is 10.0. The number of aliphatic carboxylic acids is 2. The number of benzene rings is 1. The first-order valence-corrected chi connectivity index (χ1v) is 12.4. The topological polar surface area (TPSA) is 267 Å². The van der Waals surface area contributed by atoms with Gasteiger partial charge in [-0.25, -0.2) is 4.79 Å². The Morgan fingerprint density at radius 2 is 1.48 bits per heavy atom. The standard InChI is InChI=1S/C25H34N6O9/c1-12(32)21(25(39)40)31-24(38)18(7-9-20(34)35)30-23(37)17(6-8-19(27)33)29-22(36)15(26)10-13-11-28-16-5-3-2-4-14(13)16/h2-5,11-12,15,17-18,21,28,32H,6-10,26H2,1H3,(H2,27,33)(H,29,36)(H,30,37)(H,31,38)(H,34,35)(H,39,40). The number of hydrogen-bond acceptors (Lipinski definition) is 8. The summed E-state index contributed by atoms with van der Waals surface area (Å²) in [5, 5.41) is 35.6. The molecule has 2 aromatic rings. The van der Waals surface area contributed by atoms with Crippen LogP contribution in [0.5, 0.6) is 0 Å². The summed E-state index contributed by atoms with van der Waals surface area (Å²) >= 11 is 0. The van der Waals surface area contributed by atoms with Gasteiger partial charge in [0.25, 0.3) is 0 Å². The van der Waals surface area contributed by atoms with Gasteiger partial charge in [0.1, 0.15) is 12.1 Å². The van der Waals surface area contributed by atoms with Gasteiger partial charge < -0.3 is 47.7 Å². The molecule has 5 atom stereocenters. The molecule has 2 rings (SSSR count). The molecular formula is C25H34N6O9. The fraction of sp³-hybridized carbons (Fsp3) is 0.440. The largest absolute Gasteiger partial charge is 0.481 e. The van der Waals surface area contributed by atoms with E-state index >= 15 is 0 Å². The molecule has 15 heteroatoms. The first-order chi connectivity index (χ1) is 18.8. The number of nitrogens with two attached hydrogens (primary N) is 2. The van der Waals surface area contributed by atoms with Gasteiger partial charge in [-0.05, 0) is 37.8 Å².